The lowest BCUT2D eigenvalue weighted by atomic mass is 10.3. The van der Waals surface area contributed by atoms with Gasteiger partial charge in [0.15, 0.2) is 0 Å². The number of amides is 2. The molecule has 2 aromatic rings. The number of imidazole rings is 1. The quantitative estimate of drug-likeness (QED) is 0.910. The van der Waals surface area contributed by atoms with Crippen LogP contribution in [0.2, 0.25) is 0 Å². The van der Waals surface area contributed by atoms with Crippen molar-refractivity contribution in [3.8, 4) is 0 Å². The van der Waals surface area contributed by atoms with Crippen LogP contribution >= 0.6 is 0 Å². The van der Waals surface area contributed by atoms with Crippen molar-refractivity contribution in [1.82, 2.24) is 19.8 Å². The lowest BCUT2D eigenvalue weighted by molar-refractivity contribution is -0.147. The number of alkyl halides is 3. The molecule has 1 aromatic carbocycles. The molecule has 1 fully saturated rings. The molecule has 6 nitrogen and oxygen atoms in total. The van der Waals surface area contributed by atoms with Crippen LogP contribution in [0.15, 0.2) is 24.3 Å². The zero-order valence-electron chi connectivity index (χ0n) is 13.3. The molecule has 0 bridgehead atoms. The van der Waals surface area contributed by atoms with Crippen LogP contribution in [0, 0.1) is 0 Å². The highest BCUT2D eigenvalue weighted by Crippen LogP contribution is 2.31. The Bertz CT molecular complexity index is 794. The number of halogens is 3. The van der Waals surface area contributed by atoms with E-state index < -0.39 is 24.5 Å². The molecular weight excluding hydrogens is 337 g/mol. The van der Waals surface area contributed by atoms with Gasteiger partial charge in [0, 0.05) is 13.1 Å². The van der Waals surface area contributed by atoms with E-state index in [9.17, 15) is 22.8 Å². The van der Waals surface area contributed by atoms with E-state index in [4.69, 9.17) is 0 Å². The van der Waals surface area contributed by atoms with Crippen LogP contribution in [-0.2, 0) is 22.3 Å². The van der Waals surface area contributed by atoms with E-state index in [1.807, 2.05) is 0 Å². The van der Waals surface area contributed by atoms with Gasteiger partial charge >= 0.3 is 6.18 Å². The van der Waals surface area contributed by atoms with Crippen LogP contribution in [0.4, 0.5) is 13.2 Å². The van der Waals surface area contributed by atoms with Crippen molar-refractivity contribution in [2.75, 3.05) is 19.6 Å². The van der Waals surface area contributed by atoms with Crippen molar-refractivity contribution in [3.05, 3.63) is 30.1 Å². The van der Waals surface area contributed by atoms with Crippen molar-refractivity contribution >= 4 is 22.8 Å². The predicted octanol–water partition coefficient (Wildman–Crippen LogP) is 1.79. The second-order valence-corrected chi connectivity index (χ2v) is 5.87. The molecule has 9 heteroatoms. The Morgan fingerprint density at radius 2 is 1.84 bits per heavy atom. The molecule has 1 N–H and O–H groups in total. The molecule has 134 valence electrons. The maximum absolute atomic E-state index is 13.2. The number of likely N-dealkylation sites (tertiary alicyclic amines) is 1. The Morgan fingerprint density at radius 1 is 1.16 bits per heavy atom. The van der Waals surface area contributed by atoms with E-state index in [1.165, 1.54) is 12.1 Å². The lowest BCUT2D eigenvalue weighted by Crippen LogP contribution is -2.40. The molecule has 0 atom stereocenters. The second-order valence-electron chi connectivity index (χ2n) is 5.87. The third-order valence-electron chi connectivity index (χ3n) is 4.11. The van der Waals surface area contributed by atoms with Gasteiger partial charge in [-0.3, -0.25) is 9.59 Å². The molecule has 1 aliphatic rings. The summed E-state index contributed by atoms with van der Waals surface area (Å²) in [6.45, 7) is 0.535. The van der Waals surface area contributed by atoms with Gasteiger partial charge in [-0.1, -0.05) is 12.1 Å². The number of carbonyl (C=O) groups is 2. The maximum atomic E-state index is 13.2. The van der Waals surface area contributed by atoms with E-state index in [2.05, 4.69) is 10.3 Å². The summed E-state index contributed by atoms with van der Waals surface area (Å²) in [4.78, 5) is 29.2. The van der Waals surface area contributed by atoms with E-state index in [1.54, 1.807) is 17.0 Å². The zero-order valence-corrected chi connectivity index (χ0v) is 13.3. The third kappa shape index (κ3) is 3.75. The number of carbonyl (C=O) groups excluding carboxylic acids is 2. The first-order valence-electron chi connectivity index (χ1n) is 7.93. The minimum atomic E-state index is -4.68. The van der Waals surface area contributed by atoms with Crippen LogP contribution in [0.25, 0.3) is 11.0 Å². The highest BCUT2D eigenvalue weighted by Gasteiger charge is 2.38. The van der Waals surface area contributed by atoms with Gasteiger partial charge in [-0.2, -0.15) is 13.2 Å². The average Bonchev–Trinajstić information content (AvgIpc) is 3.20. The van der Waals surface area contributed by atoms with Crippen molar-refractivity contribution in [2.24, 2.45) is 0 Å². The van der Waals surface area contributed by atoms with Crippen molar-refractivity contribution in [2.45, 2.75) is 25.6 Å². The molecule has 25 heavy (non-hydrogen) atoms. The number of hydrogen-bond donors (Lipinski definition) is 1. The number of nitrogens with zero attached hydrogens (tertiary/aromatic N) is 3. The highest BCUT2D eigenvalue weighted by molar-refractivity contribution is 5.86. The molecule has 3 rings (SSSR count). The maximum Gasteiger partial charge on any atom is 0.449 e. The Kier molecular flexibility index (Phi) is 4.65. The van der Waals surface area contributed by atoms with Gasteiger partial charge < -0.3 is 14.8 Å². The number of para-hydroxylation sites is 2. The SMILES string of the molecule is O=C(Cn1c(C(F)(F)F)nc2ccccc21)NCC(=O)N1CCCC1. The van der Waals surface area contributed by atoms with Gasteiger partial charge in [-0.15, -0.1) is 0 Å². The van der Waals surface area contributed by atoms with Gasteiger partial charge in [0.1, 0.15) is 6.54 Å². The fourth-order valence-corrected chi connectivity index (χ4v) is 2.90. The number of fused-ring (bicyclic) bond motifs is 1. The summed E-state index contributed by atoms with van der Waals surface area (Å²) in [5.41, 5.74) is 0.381. The monoisotopic (exact) mass is 354 g/mol. The fraction of sp³-hybridized carbons (Fsp3) is 0.438. The topological polar surface area (TPSA) is 67.2 Å². The average molecular weight is 354 g/mol. The first kappa shape index (κ1) is 17.2. The van der Waals surface area contributed by atoms with Gasteiger partial charge in [0.25, 0.3) is 0 Å². The van der Waals surface area contributed by atoms with Crippen LogP contribution in [0.5, 0.6) is 0 Å². The summed E-state index contributed by atoms with van der Waals surface area (Å²) < 4.78 is 40.4. The first-order chi connectivity index (χ1) is 11.9. The number of hydrogen-bond acceptors (Lipinski definition) is 3. The second kappa shape index (κ2) is 6.73. The Hall–Kier alpha value is -2.58. The summed E-state index contributed by atoms with van der Waals surface area (Å²) in [6, 6.07) is 6.08. The number of aromatic nitrogens is 2. The van der Waals surface area contributed by atoms with Gasteiger partial charge in [0.2, 0.25) is 17.6 Å². The van der Waals surface area contributed by atoms with Crippen LogP contribution in [0.1, 0.15) is 18.7 Å². The number of rotatable bonds is 4. The molecular formula is C16H17F3N4O2. The summed E-state index contributed by atoms with van der Waals surface area (Å²) in [5, 5.41) is 2.39. The largest absolute Gasteiger partial charge is 0.449 e. The number of nitrogens with one attached hydrogen (secondary N) is 1. The molecule has 2 heterocycles. The minimum absolute atomic E-state index is 0.163. The van der Waals surface area contributed by atoms with Crippen molar-refractivity contribution in [1.29, 1.82) is 0 Å². The molecule has 1 aliphatic heterocycles. The van der Waals surface area contributed by atoms with Crippen molar-refractivity contribution in [3.63, 3.8) is 0 Å². The molecule has 0 aliphatic carbocycles. The van der Waals surface area contributed by atoms with Gasteiger partial charge in [0.05, 0.1) is 17.6 Å². The van der Waals surface area contributed by atoms with Crippen molar-refractivity contribution < 1.29 is 22.8 Å². The Morgan fingerprint density at radius 3 is 2.52 bits per heavy atom. The molecule has 1 aromatic heterocycles. The molecule has 0 saturated carbocycles. The lowest BCUT2D eigenvalue weighted by Gasteiger charge is -2.16. The van der Waals surface area contributed by atoms with E-state index in [0.717, 1.165) is 17.4 Å². The Labute approximate surface area is 141 Å². The molecule has 1 saturated heterocycles. The van der Waals surface area contributed by atoms with Crippen LogP contribution < -0.4 is 5.32 Å². The van der Waals surface area contributed by atoms with Crippen LogP contribution in [0.3, 0.4) is 0 Å². The van der Waals surface area contributed by atoms with Gasteiger partial charge in [-0.25, -0.2) is 4.98 Å². The first-order valence-corrected chi connectivity index (χ1v) is 7.93. The van der Waals surface area contributed by atoms with E-state index in [-0.39, 0.29) is 23.5 Å². The smallest absolute Gasteiger partial charge is 0.345 e. The molecule has 2 amide bonds. The van der Waals surface area contributed by atoms with Crippen LogP contribution in [-0.4, -0.2) is 45.9 Å². The Balaban J connectivity index is 1.73. The highest BCUT2D eigenvalue weighted by atomic mass is 19.4. The summed E-state index contributed by atoms with van der Waals surface area (Å²) in [7, 11) is 0. The van der Waals surface area contributed by atoms with E-state index >= 15 is 0 Å². The fourth-order valence-electron chi connectivity index (χ4n) is 2.90. The molecule has 0 unspecified atom stereocenters. The van der Waals surface area contributed by atoms with E-state index in [0.29, 0.717) is 13.1 Å². The summed E-state index contributed by atoms with van der Waals surface area (Å²) in [5.74, 6) is -2.02. The minimum Gasteiger partial charge on any atom is -0.345 e. The third-order valence-corrected chi connectivity index (χ3v) is 4.11. The molecule has 0 radical (unpaired) electrons. The molecule has 0 spiro atoms. The number of benzene rings is 1. The normalized spacial score (nSPS) is 14.9. The van der Waals surface area contributed by atoms with Gasteiger partial charge in [-0.05, 0) is 25.0 Å². The predicted molar refractivity (Wildman–Crippen MR) is 83.6 cm³/mol. The summed E-state index contributed by atoms with van der Waals surface area (Å²) >= 11 is 0. The standard InChI is InChI=1S/C16H17F3N4O2/c17-16(18,19)15-21-11-5-1-2-6-12(11)23(15)10-13(24)20-9-14(25)22-7-3-4-8-22/h1-2,5-6H,3-4,7-10H2,(H,20,24). The zero-order chi connectivity index (χ0) is 18.0. The summed E-state index contributed by atoms with van der Waals surface area (Å²) in [6.07, 6.45) is -2.82.